The smallest absolute Gasteiger partial charge is 0.238 e. The molecule has 0 bridgehead atoms. The number of benzene rings is 1. The molecule has 1 amide bonds. The fraction of sp³-hybridized carbons (Fsp3) is 0.562. The number of amides is 1. The lowest BCUT2D eigenvalue weighted by Crippen LogP contribution is -2.39. The van der Waals surface area contributed by atoms with Gasteiger partial charge in [0.25, 0.3) is 0 Å². The van der Waals surface area contributed by atoms with E-state index in [1.54, 1.807) is 6.07 Å². The summed E-state index contributed by atoms with van der Waals surface area (Å²) in [7, 11) is 1.99. The van der Waals surface area contributed by atoms with Crippen LogP contribution in [0.3, 0.4) is 0 Å². The third-order valence-electron chi connectivity index (χ3n) is 4.06. The standard InChI is InChI=1S/C16H23FN2O/c1-12-8-9-13(17)10-15(12)18-16(20)11-19(2)14-6-4-3-5-7-14/h8-10,14H,3-7,11H2,1-2H3,(H,18,20). The van der Waals surface area contributed by atoms with Crippen molar-refractivity contribution in [3.05, 3.63) is 29.6 Å². The maximum absolute atomic E-state index is 13.2. The zero-order valence-electron chi connectivity index (χ0n) is 12.3. The topological polar surface area (TPSA) is 32.3 Å². The number of aryl methyl sites for hydroxylation is 1. The molecule has 0 unspecified atom stereocenters. The van der Waals surface area contributed by atoms with Gasteiger partial charge in [-0.25, -0.2) is 4.39 Å². The molecule has 0 saturated heterocycles. The van der Waals surface area contributed by atoms with Crippen LogP contribution in [0, 0.1) is 12.7 Å². The molecular formula is C16H23FN2O. The molecule has 0 spiro atoms. The molecule has 0 aromatic heterocycles. The van der Waals surface area contributed by atoms with Crippen molar-refractivity contribution in [2.75, 3.05) is 18.9 Å². The molecule has 1 aromatic rings. The second-order valence-electron chi connectivity index (χ2n) is 5.71. The van der Waals surface area contributed by atoms with Crippen molar-refractivity contribution < 1.29 is 9.18 Å². The van der Waals surface area contributed by atoms with Crippen LogP contribution in [0.25, 0.3) is 0 Å². The van der Waals surface area contributed by atoms with Crippen molar-refractivity contribution in [1.82, 2.24) is 4.90 Å². The van der Waals surface area contributed by atoms with Crippen LogP contribution in [0.5, 0.6) is 0 Å². The Balaban J connectivity index is 1.89. The Kier molecular flexibility index (Phi) is 5.12. The van der Waals surface area contributed by atoms with E-state index >= 15 is 0 Å². The van der Waals surface area contributed by atoms with E-state index in [2.05, 4.69) is 10.2 Å². The minimum Gasteiger partial charge on any atom is -0.325 e. The van der Waals surface area contributed by atoms with Gasteiger partial charge in [0.15, 0.2) is 0 Å². The zero-order chi connectivity index (χ0) is 14.5. The van der Waals surface area contributed by atoms with Crippen LogP contribution >= 0.6 is 0 Å². The van der Waals surface area contributed by atoms with Gasteiger partial charge >= 0.3 is 0 Å². The van der Waals surface area contributed by atoms with Gasteiger partial charge in [-0.15, -0.1) is 0 Å². The van der Waals surface area contributed by atoms with Gasteiger partial charge in [-0.2, -0.15) is 0 Å². The number of nitrogens with zero attached hydrogens (tertiary/aromatic N) is 1. The second-order valence-corrected chi connectivity index (χ2v) is 5.71. The molecule has 0 heterocycles. The van der Waals surface area contributed by atoms with Gasteiger partial charge in [0.1, 0.15) is 5.82 Å². The summed E-state index contributed by atoms with van der Waals surface area (Å²) in [5.41, 5.74) is 1.44. The van der Waals surface area contributed by atoms with Gasteiger partial charge in [0, 0.05) is 11.7 Å². The summed E-state index contributed by atoms with van der Waals surface area (Å²) in [6.45, 7) is 2.22. The maximum Gasteiger partial charge on any atom is 0.238 e. The first-order valence-electron chi connectivity index (χ1n) is 7.32. The van der Waals surface area contributed by atoms with Gasteiger partial charge in [-0.3, -0.25) is 9.69 Å². The second kappa shape index (κ2) is 6.84. The van der Waals surface area contributed by atoms with E-state index in [-0.39, 0.29) is 11.7 Å². The Bertz CT molecular complexity index is 470. The minimum absolute atomic E-state index is 0.0771. The Morgan fingerprint density at radius 2 is 2.05 bits per heavy atom. The molecule has 0 atom stereocenters. The summed E-state index contributed by atoms with van der Waals surface area (Å²) in [5.74, 6) is -0.404. The highest BCUT2D eigenvalue weighted by Crippen LogP contribution is 2.21. The monoisotopic (exact) mass is 278 g/mol. The number of hydrogen-bond donors (Lipinski definition) is 1. The lowest BCUT2D eigenvalue weighted by atomic mass is 9.94. The summed E-state index contributed by atoms with van der Waals surface area (Å²) >= 11 is 0. The van der Waals surface area contributed by atoms with Crippen LogP contribution in [-0.4, -0.2) is 30.4 Å². The van der Waals surface area contributed by atoms with E-state index in [4.69, 9.17) is 0 Å². The predicted molar refractivity (Wildman–Crippen MR) is 79.3 cm³/mol. The highest BCUT2D eigenvalue weighted by molar-refractivity contribution is 5.92. The number of halogens is 1. The lowest BCUT2D eigenvalue weighted by molar-refractivity contribution is -0.117. The first-order chi connectivity index (χ1) is 9.56. The largest absolute Gasteiger partial charge is 0.325 e. The molecule has 1 N–H and O–H groups in total. The van der Waals surface area contributed by atoms with Crippen LogP contribution in [0.2, 0.25) is 0 Å². The zero-order valence-corrected chi connectivity index (χ0v) is 12.3. The van der Waals surface area contributed by atoms with Crippen molar-refractivity contribution >= 4 is 11.6 Å². The van der Waals surface area contributed by atoms with E-state index in [9.17, 15) is 9.18 Å². The van der Waals surface area contributed by atoms with Gasteiger partial charge in [-0.1, -0.05) is 25.3 Å². The summed E-state index contributed by atoms with van der Waals surface area (Å²) in [6, 6.07) is 4.95. The molecule has 3 nitrogen and oxygen atoms in total. The Labute approximate surface area is 120 Å². The van der Waals surface area contributed by atoms with Gasteiger partial charge in [0.05, 0.1) is 6.54 Å². The van der Waals surface area contributed by atoms with Crippen LogP contribution in [0.4, 0.5) is 10.1 Å². The number of rotatable bonds is 4. The number of carbonyl (C=O) groups excluding carboxylic acids is 1. The number of anilines is 1. The molecule has 1 aliphatic rings. The normalized spacial score (nSPS) is 16.4. The van der Waals surface area contributed by atoms with E-state index in [0.29, 0.717) is 18.3 Å². The van der Waals surface area contributed by atoms with Crippen molar-refractivity contribution in [2.24, 2.45) is 0 Å². The van der Waals surface area contributed by atoms with Crippen LogP contribution in [-0.2, 0) is 4.79 Å². The van der Waals surface area contributed by atoms with Gasteiger partial charge < -0.3 is 5.32 Å². The highest BCUT2D eigenvalue weighted by Gasteiger charge is 2.20. The first-order valence-corrected chi connectivity index (χ1v) is 7.32. The number of nitrogens with one attached hydrogen (secondary N) is 1. The first kappa shape index (κ1) is 15.0. The molecule has 2 rings (SSSR count). The lowest BCUT2D eigenvalue weighted by Gasteiger charge is -2.30. The summed E-state index contributed by atoms with van der Waals surface area (Å²) in [5, 5.41) is 2.80. The van der Waals surface area contributed by atoms with E-state index in [0.717, 1.165) is 5.56 Å². The van der Waals surface area contributed by atoms with Crippen molar-refractivity contribution in [3.63, 3.8) is 0 Å². The van der Waals surface area contributed by atoms with E-state index in [1.165, 1.54) is 44.2 Å². The number of hydrogen-bond acceptors (Lipinski definition) is 2. The highest BCUT2D eigenvalue weighted by atomic mass is 19.1. The molecule has 110 valence electrons. The minimum atomic E-state index is -0.327. The molecule has 0 aliphatic heterocycles. The van der Waals surface area contributed by atoms with Crippen molar-refractivity contribution in [2.45, 2.75) is 45.1 Å². The van der Waals surface area contributed by atoms with E-state index < -0.39 is 0 Å². The third kappa shape index (κ3) is 4.04. The third-order valence-corrected chi connectivity index (χ3v) is 4.06. The number of likely N-dealkylation sites (N-methyl/N-ethyl adjacent to an activating group) is 1. The summed E-state index contributed by atoms with van der Waals surface area (Å²) in [6.07, 6.45) is 6.14. The summed E-state index contributed by atoms with van der Waals surface area (Å²) < 4.78 is 13.2. The number of carbonyl (C=O) groups is 1. The Morgan fingerprint density at radius 3 is 2.75 bits per heavy atom. The van der Waals surface area contributed by atoms with Crippen LogP contribution < -0.4 is 5.32 Å². The van der Waals surface area contributed by atoms with E-state index in [1.807, 2.05) is 14.0 Å². The molecule has 20 heavy (non-hydrogen) atoms. The maximum atomic E-state index is 13.2. The SMILES string of the molecule is Cc1ccc(F)cc1NC(=O)CN(C)C1CCCCC1. The molecule has 0 radical (unpaired) electrons. The van der Waals surface area contributed by atoms with Crippen LogP contribution in [0.1, 0.15) is 37.7 Å². The van der Waals surface area contributed by atoms with Crippen LogP contribution in [0.15, 0.2) is 18.2 Å². The van der Waals surface area contributed by atoms with Gasteiger partial charge in [0.2, 0.25) is 5.91 Å². The van der Waals surface area contributed by atoms with Gasteiger partial charge in [-0.05, 0) is 44.5 Å². The average Bonchev–Trinajstić information content (AvgIpc) is 2.43. The fourth-order valence-corrected chi connectivity index (χ4v) is 2.80. The Morgan fingerprint density at radius 1 is 1.35 bits per heavy atom. The Hall–Kier alpha value is -1.42. The van der Waals surface area contributed by atoms with Crippen molar-refractivity contribution in [1.29, 1.82) is 0 Å². The average molecular weight is 278 g/mol. The molecule has 1 aliphatic carbocycles. The quantitative estimate of drug-likeness (QED) is 0.916. The predicted octanol–water partition coefficient (Wildman–Crippen LogP) is 3.34. The molecule has 1 aromatic carbocycles. The molecule has 4 heteroatoms. The fourth-order valence-electron chi connectivity index (χ4n) is 2.80. The summed E-state index contributed by atoms with van der Waals surface area (Å²) in [4.78, 5) is 14.2. The molecule has 1 saturated carbocycles. The molecular weight excluding hydrogens is 255 g/mol. The molecule has 1 fully saturated rings. The van der Waals surface area contributed by atoms with Crippen molar-refractivity contribution in [3.8, 4) is 0 Å².